The minimum Gasteiger partial charge on any atom is -0.370 e. The highest BCUT2D eigenvalue weighted by atomic mass is 31.0. The van der Waals surface area contributed by atoms with Crippen molar-refractivity contribution in [3.05, 3.63) is 24.0 Å². The van der Waals surface area contributed by atoms with Gasteiger partial charge in [-0.05, 0) is 20.8 Å². The van der Waals surface area contributed by atoms with Crippen LogP contribution in [0, 0.1) is 0 Å². The van der Waals surface area contributed by atoms with Gasteiger partial charge >= 0.3 is 0 Å². The SMILES string of the molecule is C/C=C\C(N)C(/C=C/P)OC(C)C. The van der Waals surface area contributed by atoms with Gasteiger partial charge in [0.05, 0.1) is 18.2 Å². The van der Waals surface area contributed by atoms with Gasteiger partial charge in [-0.15, -0.1) is 9.24 Å². The summed E-state index contributed by atoms with van der Waals surface area (Å²) >= 11 is 0. The summed E-state index contributed by atoms with van der Waals surface area (Å²) in [6.45, 7) is 5.97. The average Bonchev–Trinajstić information content (AvgIpc) is 2.03. The van der Waals surface area contributed by atoms with Crippen LogP contribution in [0.5, 0.6) is 0 Å². The highest BCUT2D eigenvalue weighted by molar-refractivity contribution is 7.20. The van der Waals surface area contributed by atoms with Gasteiger partial charge in [0.15, 0.2) is 0 Å². The third-order valence-electron chi connectivity index (χ3n) is 1.52. The predicted molar refractivity (Wildman–Crippen MR) is 61.6 cm³/mol. The van der Waals surface area contributed by atoms with E-state index in [1.807, 2.05) is 44.8 Å². The van der Waals surface area contributed by atoms with Gasteiger partial charge in [-0.25, -0.2) is 0 Å². The zero-order chi connectivity index (χ0) is 10.3. The lowest BCUT2D eigenvalue weighted by Gasteiger charge is -2.21. The third-order valence-corrected chi connectivity index (χ3v) is 1.75. The predicted octanol–water partition coefficient (Wildman–Crippen LogP) is 2.07. The standard InChI is InChI=1S/C10H20NOP/c1-4-5-9(11)10(6-7-13)12-8(2)3/h4-10H,11,13H2,1-3H3/b5-4-,7-6+. The maximum absolute atomic E-state index is 5.89. The number of ether oxygens (including phenoxy) is 1. The molecule has 0 aromatic heterocycles. The van der Waals surface area contributed by atoms with Gasteiger partial charge in [0.25, 0.3) is 0 Å². The van der Waals surface area contributed by atoms with Crippen LogP contribution in [0.15, 0.2) is 24.0 Å². The zero-order valence-corrected chi connectivity index (χ0v) is 9.76. The average molecular weight is 201 g/mol. The van der Waals surface area contributed by atoms with Crippen LogP contribution in [-0.4, -0.2) is 18.2 Å². The van der Waals surface area contributed by atoms with E-state index in [1.165, 1.54) is 0 Å². The smallest absolute Gasteiger partial charge is 0.0949 e. The van der Waals surface area contributed by atoms with E-state index in [2.05, 4.69) is 9.24 Å². The molecule has 0 amide bonds. The van der Waals surface area contributed by atoms with E-state index < -0.39 is 0 Å². The molecule has 13 heavy (non-hydrogen) atoms. The minimum absolute atomic E-state index is 0.0336. The molecular weight excluding hydrogens is 181 g/mol. The number of nitrogens with two attached hydrogens (primary N) is 1. The Morgan fingerprint density at radius 3 is 2.31 bits per heavy atom. The molecule has 0 aromatic rings. The first-order valence-electron chi connectivity index (χ1n) is 4.54. The molecular formula is C10H20NOP. The molecule has 76 valence electrons. The highest BCUT2D eigenvalue weighted by Crippen LogP contribution is 2.06. The van der Waals surface area contributed by atoms with Crippen molar-refractivity contribution in [2.24, 2.45) is 5.73 Å². The van der Waals surface area contributed by atoms with E-state index in [4.69, 9.17) is 10.5 Å². The topological polar surface area (TPSA) is 35.2 Å². The van der Waals surface area contributed by atoms with Crippen molar-refractivity contribution >= 4 is 9.24 Å². The van der Waals surface area contributed by atoms with Gasteiger partial charge in [0.1, 0.15) is 0 Å². The Bertz CT molecular complexity index is 178. The Labute approximate surface area is 83.4 Å². The van der Waals surface area contributed by atoms with E-state index in [1.54, 1.807) is 0 Å². The van der Waals surface area contributed by atoms with Crippen LogP contribution in [0.25, 0.3) is 0 Å². The van der Waals surface area contributed by atoms with Crippen LogP contribution in [0.1, 0.15) is 20.8 Å². The quantitative estimate of drug-likeness (QED) is 0.546. The summed E-state index contributed by atoms with van der Waals surface area (Å²) < 4.78 is 5.63. The molecule has 0 radical (unpaired) electrons. The number of rotatable bonds is 5. The maximum Gasteiger partial charge on any atom is 0.0949 e. The second-order valence-corrected chi connectivity index (χ2v) is 3.52. The largest absolute Gasteiger partial charge is 0.370 e. The minimum atomic E-state index is -0.0656. The van der Waals surface area contributed by atoms with Crippen LogP contribution in [0.3, 0.4) is 0 Å². The van der Waals surface area contributed by atoms with Gasteiger partial charge in [-0.2, -0.15) is 0 Å². The zero-order valence-electron chi connectivity index (χ0n) is 8.60. The first kappa shape index (κ1) is 12.8. The fourth-order valence-corrected chi connectivity index (χ4v) is 1.24. The van der Waals surface area contributed by atoms with E-state index in [9.17, 15) is 0 Å². The Hall–Kier alpha value is -0.170. The van der Waals surface area contributed by atoms with Crippen LogP contribution in [0.4, 0.5) is 0 Å². The Kier molecular flexibility index (Phi) is 7.16. The fourth-order valence-electron chi connectivity index (χ4n) is 1.02. The molecule has 2 nitrogen and oxygen atoms in total. The summed E-state index contributed by atoms with van der Waals surface area (Å²) in [6.07, 6.45) is 6.00. The van der Waals surface area contributed by atoms with Crippen molar-refractivity contribution in [2.75, 3.05) is 0 Å². The monoisotopic (exact) mass is 201 g/mol. The lowest BCUT2D eigenvalue weighted by atomic mass is 10.1. The van der Waals surface area contributed by atoms with Crippen molar-refractivity contribution in [3.63, 3.8) is 0 Å². The van der Waals surface area contributed by atoms with Crippen LogP contribution in [-0.2, 0) is 4.74 Å². The van der Waals surface area contributed by atoms with Gasteiger partial charge in [0.2, 0.25) is 0 Å². The molecule has 0 aliphatic heterocycles. The van der Waals surface area contributed by atoms with Gasteiger partial charge < -0.3 is 10.5 Å². The molecule has 0 spiro atoms. The van der Waals surface area contributed by atoms with E-state index in [0.29, 0.717) is 0 Å². The third kappa shape index (κ3) is 5.98. The molecule has 0 rings (SSSR count). The summed E-state index contributed by atoms with van der Waals surface area (Å²) in [6, 6.07) is -0.0656. The lowest BCUT2D eigenvalue weighted by molar-refractivity contribution is 0.0293. The number of hydrogen-bond donors (Lipinski definition) is 1. The molecule has 0 saturated heterocycles. The first-order valence-corrected chi connectivity index (χ1v) is 5.20. The van der Waals surface area contributed by atoms with Crippen molar-refractivity contribution < 1.29 is 4.74 Å². The molecule has 0 saturated carbocycles. The van der Waals surface area contributed by atoms with Crippen molar-refractivity contribution in [1.29, 1.82) is 0 Å². The lowest BCUT2D eigenvalue weighted by Crippen LogP contribution is -2.35. The Morgan fingerprint density at radius 2 is 1.92 bits per heavy atom. The molecule has 3 heteroatoms. The van der Waals surface area contributed by atoms with Crippen LogP contribution < -0.4 is 5.73 Å². The summed E-state index contributed by atoms with van der Waals surface area (Å²) in [5.41, 5.74) is 5.89. The van der Waals surface area contributed by atoms with Gasteiger partial charge in [0, 0.05) is 0 Å². The fraction of sp³-hybridized carbons (Fsp3) is 0.600. The Balaban J connectivity index is 4.22. The number of hydrogen-bond acceptors (Lipinski definition) is 2. The van der Waals surface area contributed by atoms with E-state index >= 15 is 0 Å². The first-order chi connectivity index (χ1) is 6.11. The molecule has 0 heterocycles. The van der Waals surface area contributed by atoms with Gasteiger partial charge in [-0.3, -0.25) is 0 Å². The van der Waals surface area contributed by atoms with Crippen molar-refractivity contribution in [1.82, 2.24) is 0 Å². The van der Waals surface area contributed by atoms with Crippen LogP contribution in [0.2, 0.25) is 0 Å². The second-order valence-electron chi connectivity index (χ2n) is 3.14. The molecule has 0 aromatic carbocycles. The summed E-state index contributed by atoms with van der Waals surface area (Å²) in [5.74, 6) is 1.89. The van der Waals surface area contributed by atoms with Gasteiger partial charge in [-0.1, -0.05) is 24.0 Å². The maximum atomic E-state index is 5.89. The van der Waals surface area contributed by atoms with Crippen molar-refractivity contribution in [2.45, 2.75) is 39.0 Å². The second kappa shape index (κ2) is 7.25. The summed E-state index contributed by atoms with van der Waals surface area (Å²) in [7, 11) is 2.53. The molecule has 3 atom stereocenters. The molecule has 2 N–H and O–H groups in total. The van der Waals surface area contributed by atoms with E-state index in [-0.39, 0.29) is 18.2 Å². The number of allylic oxidation sites excluding steroid dienone is 1. The molecule has 3 unspecified atom stereocenters. The Morgan fingerprint density at radius 1 is 1.31 bits per heavy atom. The summed E-state index contributed by atoms with van der Waals surface area (Å²) in [5, 5.41) is 0. The molecule has 0 fully saturated rings. The summed E-state index contributed by atoms with van der Waals surface area (Å²) in [4.78, 5) is 0. The molecule has 0 aliphatic rings. The molecule has 0 aliphatic carbocycles. The highest BCUT2D eigenvalue weighted by Gasteiger charge is 2.13. The van der Waals surface area contributed by atoms with Crippen molar-refractivity contribution in [3.8, 4) is 0 Å². The normalized spacial score (nSPS) is 17.4. The molecule has 0 bridgehead atoms. The van der Waals surface area contributed by atoms with Crippen LogP contribution >= 0.6 is 9.24 Å². The van der Waals surface area contributed by atoms with E-state index in [0.717, 1.165) is 0 Å².